The summed E-state index contributed by atoms with van der Waals surface area (Å²) in [6.45, 7) is 4.29. The minimum Gasteiger partial charge on any atom is -0.379 e. The topological polar surface area (TPSA) is 57.4 Å². The zero-order chi connectivity index (χ0) is 15.4. The summed E-state index contributed by atoms with van der Waals surface area (Å²) < 4.78 is 6.40. The molecule has 1 aliphatic carbocycles. The molecule has 1 saturated carbocycles. The molecule has 0 aromatic carbocycles. The van der Waals surface area contributed by atoms with Crippen LogP contribution in [0.4, 0.5) is 0 Å². The highest BCUT2D eigenvalue weighted by molar-refractivity contribution is 9.10. The third-order valence-corrected chi connectivity index (χ3v) is 5.39. The van der Waals surface area contributed by atoms with Gasteiger partial charge in [0.2, 0.25) is 0 Å². The molecule has 3 rings (SSSR count). The number of halogens is 1. The molecule has 0 spiro atoms. The van der Waals surface area contributed by atoms with Crippen molar-refractivity contribution in [1.29, 1.82) is 0 Å². The first-order chi connectivity index (χ1) is 10.7. The number of aromatic amines is 1. The van der Waals surface area contributed by atoms with Gasteiger partial charge in [0.1, 0.15) is 5.69 Å². The molecule has 2 N–H and O–H groups in total. The second kappa shape index (κ2) is 7.15. The van der Waals surface area contributed by atoms with Crippen LogP contribution in [0, 0.1) is 0 Å². The van der Waals surface area contributed by atoms with Crippen molar-refractivity contribution in [3.8, 4) is 0 Å². The molecule has 22 heavy (non-hydrogen) atoms. The standard InChI is InChI=1S/C16H24BrN3O2/c17-13-10-14(18-11-13)15(21)19-12-16(4-2-1-3-5-16)20-6-8-22-9-7-20/h10-11,18H,1-9,12H2,(H,19,21). The van der Waals surface area contributed by atoms with E-state index in [1.807, 2.05) is 6.07 Å². The molecule has 6 heteroatoms. The number of rotatable bonds is 4. The number of nitrogens with zero attached hydrogens (tertiary/aromatic N) is 1. The second-order valence-electron chi connectivity index (χ2n) is 6.30. The van der Waals surface area contributed by atoms with Gasteiger partial charge in [0.25, 0.3) is 5.91 Å². The van der Waals surface area contributed by atoms with E-state index in [1.54, 1.807) is 6.20 Å². The molecule has 1 aromatic rings. The average Bonchev–Trinajstić information content (AvgIpc) is 3.01. The normalized spacial score (nSPS) is 22.4. The molecule has 2 heterocycles. The van der Waals surface area contributed by atoms with Crippen LogP contribution in [-0.4, -0.2) is 54.2 Å². The third-order valence-electron chi connectivity index (χ3n) is 4.94. The average molecular weight is 370 g/mol. The fraction of sp³-hybridized carbons (Fsp3) is 0.688. The van der Waals surface area contributed by atoms with E-state index in [0.29, 0.717) is 5.69 Å². The first kappa shape index (κ1) is 16.0. The lowest BCUT2D eigenvalue weighted by atomic mass is 9.79. The van der Waals surface area contributed by atoms with Gasteiger partial charge in [-0.3, -0.25) is 9.69 Å². The molecule has 2 fully saturated rings. The Morgan fingerprint density at radius 2 is 2.05 bits per heavy atom. The van der Waals surface area contributed by atoms with Crippen molar-refractivity contribution in [2.24, 2.45) is 0 Å². The van der Waals surface area contributed by atoms with Crippen molar-refractivity contribution >= 4 is 21.8 Å². The first-order valence-corrected chi connectivity index (χ1v) is 8.94. The molecule has 0 radical (unpaired) electrons. The lowest BCUT2D eigenvalue weighted by Crippen LogP contribution is -2.59. The van der Waals surface area contributed by atoms with Crippen LogP contribution in [0.2, 0.25) is 0 Å². The number of hydrogen-bond donors (Lipinski definition) is 2. The summed E-state index contributed by atoms with van der Waals surface area (Å²) in [6.07, 6.45) is 7.93. The Hall–Kier alpha value is -0.850. The Bertz CT molecular complexity index is 505. The fourth-order valence-electron chi connectivity index (χ4n) is 3.69. The van der Waals surface area contributed by atoms with Gasteiger partial charge in [0.05, 0.1) is 13.2 Å². The van der Waals surface area contributed by atoms with Gasteiger partial charge in [0, 0.05) is 35.8 Å². The van der Waals surface area contributed by atoms with Crippen LogP contribution in [-0.2, 0) is 4.74 Å². The van der Waals surface area contributed by atoms with E-state index < -0.39 is 0 Å². The fourth-order valence-corrected chi connectivity index (χ4v) is 4.03. The van der Waals surface area contributed by atoms with Gasteiger partial charge in [-0.2, -0.15) is 0 Å². The molecular weight excluding hydrogens is 346 g/mol. The number of carbonyl (C=O) groups excluding carboxylic acids is 1. The minimum atomic E-state index is -0.0242. The number of ether oxygens (including phenoxy) is 1. The largest absolute Gasteiger partial charge is 0.379 e. The zero-order valence-corrected chi connectivity index (χ0v) is 14.5. The van der Waals surface area contributed by atoms with Crippen LogP contribution >= 0.6 is 15.9 Å². The van der Waals surface area contributed by atoms with Crippen molar-refractivity contribution in [2.45, 2.75) is 37.6 Å². The summed E-state index contributed by atoms with van der Waals surface area (Å²) >= 11 is 3.37. The van der Waals surface area contributed by atoms with Gasteiger partial charge in [-0.15, -0.1) is 0 Å². The van der Waals surface area contributed by atoms with Gasteiger partial charge in [-0.05, 0) is 34.8 Å². The molecular formula is C16H24BrN3O2. The van der Waals surface area contributed by atoms with Gasteiger partial charge >= 0.3 is 0 Å². The molecule has 1 saturated heterocycles. The summed E-state index contributed by atoms with van der Waals surface area (Å²) in [5.74, 6) is -0.0242. The van der Waals surface area contributed by atoms with E-state index >= 15 is 0 Å². The number of nitrogens with one attached hydrogen (secondary N) is 2. The Morgan fingerprint density at radius 1 is 1.32 bits per heavy atom. The van der Waals surface area contributed by atoms with Crippen molar-refractivity contribution < 1.29 is 9.53 Å². The molecule has 0 atom stereocenters. The van der Waals surface area contributed by atoms with Crippen LogP contribution < -0.4 is 5.32 Å². The van der Waals surface area contributed by atoms with Crippen LogP contribution in [0.5, 0.6) is 0 Å². The van der Waals surface area contributed by atoms with E-state index in [4.69, 9.17) is 4.74 Å². The van der Waals surface area contributed by atoms with E-state index in [2.05, 4.69) is 31.1 Å². The van der Waals surface area contributed by atoms with Crippen molar-refractivity contribution in [2.75, 3.05) is 32.8 Å². The maximum atomic E-state index is 12.3. The van der Waals surface area contributed by atoms with Gasteiger partial charge in [0.15, 0.2) is 0 Å². The number of morpholine rings is 1. The van der Waals surface area contributed by atoms with Crippen LogP contribution in [0.3, 0.4) is 0 Å². The lowest BCUT2D eigenvalue weighted by Gasteiger charge is -2.48. The summed E-state index contributed by atoms with van der Waals surface area (Å²) in [5, 5.41) is 3.15. The van der Waals surface area contributed by atoms with E-state index in [-0.39, 0.29) is 11.4 Å². The molecule has 0 bridgehead atoms. The van der Waals surface area contributed by atoms with Crippen LogP contribution in [0.1, 0.15) is 42.6 Å². The molecule has 122 valence electrons. The minimum absolute atomic E-state index is 0.0242. The van der Waals surface area contributed by atoms with Crippen LogP contribution in [0.15, 0.2) is 16.7 Å². The SMILES string of the molecule is O=C(NCC1(N2CCOCC2)CCCCC1)c1cc(Br)c[nH]1. The smallest absolute Gasteiger partial charge is 0.267 e. The Balaban J connectivity index is 1.66. The third kappa shape index (κ3) is 3.55. The Labute approximate surface area is 139 Å². The van der Waals surface area contributed by atoms with Crippen LogP contribution in [0.25, 0.3) is 0 Å². The maximum Gasteiger partial charge on any atom is 0.267 e. The summed E-state index contributed by atoms with van der Waals surface area (Å²) in [5.41, 5.74) is 0.724. The molecule has 5 nitrogen and oxygen atoms in total. The van der Waals surface area contributed by atoms with Gasteiger partial charge in [-0.1, -0.05) is 19.3 Å². The van der Waals surface area contributed by atoms with E-state index in [9.17, 15) is 4.79 Å². The Morgan fingerprint density at radius 3 is 2.68 bits per heavy atom. The van der Waals surface area contributed by atoms with Crippen molar-refractivity contribution in [3.05, 3.63) is 22.4 Å². The number of aromatic nitrogens is 1. The summed E-state index contributed by atoms with van der Waals surface area (Å²) in [6, 6.07) is 1.82. The lowest BCUT2D eigenvalue weighted by molar-refractivity contribution is -0.0361. The van der Waals surface area contributed by atoms with Gasteiger partial charge < -0.3 is 15.0 Å². The highest BCUT2D eigenvalue weighted by Gasteiger charge is 2.38. The summed E-state index contributed by atoms with van der Waals surface area (Å²) in [4.78, 5) is 17.9. The number of amides is 1. The molecule has 2 aliphatic rings. The predicted octanol–water partition coefficient (Wildman–Crippen LogP) is 2.54. The monoisotopic (exact) mass is 369 g/mol. The number of carbonyl (C=O) groups is 1. The molecule has 1 aliphatic heterocycles. The van der Waals surface area contributed by atoms with E-state index in [0.717, 1.165) is 37.3 Å². The van der Waals surface area contributed by atoms with Gasteiger partial charge in [-0.25, -0.2) is 0 Å². The molecule has 0 unspecified atom stereocenters. The second-order valence-corrected chi connectivity index (χ2v) is 7.21. The molecule has 1 amide bonds. The van der Waals surface area contributed by atoms with E-state index in [1.165, 1.54) is 32.1 Å². The quantitative estimate of drug-likeness (QED) is 0.857. The number of H-pyrrole nitrogens is 1. The summed E-state index contributed by atoms with van der Waals surface area (Å²) in [7, 11) is 0. The van der Waals surface area contributed by atoms with Crippen molar-refractivity contribution in [3.63, 3.8) is 0 Å². The molecule has 1 aromatic heterocycles. The predicted molar refractivity (Wildman–Crippen MR) is 89.0 cm³/mol. The Kier molecular flexibility index (Phi) is 5.21. The number of hydrogen-bond acceptors (Lipinski definition) is 3. The maximum absolute atomic E-state index is 12.3. The highest BCUT2D eigenvalue weighted by Crippen LogP contribution is 2.33. The zero-order valence-electron chi connectivity index (χ0n) is 12.9. The highest BCUT2D eigenvalue weighted by atomic mass is 79.9. The van der Waals surface area contributed by atoms with Crippen molar-refractivity contribution in [1.82, 2.24) is 15.2 Å². The first-order valence-electron chi connectivity index (χ1n) is 8.15.